The summed E-state index contributed by atoms with van der Waals surface area (Å²) in [7, 11) is 1.50. The number of methoxy groups -OCH3 is 1. The molecule has 11 nitrogen and oxygen atoms in total. The normalized spacial score (nSPS) is 36.2. The average Bonchev–Trinajstić information content (AvgIpc) is 3.63. The number of imidazole rings is 1. The molecular formula is C37H53FN4O7. The van der Waals surface area contributed by atoms with Crippen molar-refractivity contribution in [2.24, 2.45) is 23.7 Å². The summed E-state index contributed by atoms with van der Waals surface area (Å²) < 4.78 is 36.0. The fraction of sp³-hybridized carbons (Fsp3) is 0.676. The van der Waals surface area contributed by atoms with E-state index in [0.29, 0.717) is 19.4 Å². The van der Waals surface area contributed by atoms with Gasteiger partial charge in [-0.3, -0.25) is 19.5 Å². The summed E-state index contributed by atoms with van der Waals surface area (Å²) in [6.07, 6.45) is 7.00. The van der Waals surface area contributed by atoms with Gasteiger partial charge in [0.1, 0.15) is 11.9 Å². The number of rotatable bonds is 8. The number of amides is 1. The summed E-state index contributed by atoms with van der Waals surface area (Å²) in [5, 5.41) is 0. The Morgan fingerprint density at radius 2 is 1.71 bits per heavy atom. The van der Waals surface area contributed by atoms with Crippen molar-refractivity contribution in [1.29, 1.82) is 0 Å². The molecule has 0 radical (unpaired) electrons. The maximum absolute atomic E-state index is 16.2. The third-order valence-corrected chi connectivity index (χ3v) is 11.9. The Hall–Kier alpha value is -3.67. The molecule has 1 unspecified atom stereocenters. The molecule has 0 aromatic carbocycles. The van der Waals surface area contributed by atoms with E-state index in [1.165, 1.54) is 7.11 Å². The number of aryl methyl sites for hydroxylation is 1. The van der Waals surface area contributed by atoms with E-state index < -0.39 is 70.0 Å². The monoisotopic (exact) mass is 684 g/mol. The minimum atomic E-state index is -2.97. The summed E-state index contributed by atoms with van der Waals surface area (Å²) in [6, 6.07) is 3.79. The van der Waals surface area contributed by atoms with Gasteiger partial charge >= 0.3 is 12.1 Å². The fourth-order valence-corrected chi connectivity index (χ4v) is 7.86. The summed E-state index contributed by atoms with van der Waals surface area (Å²) in [5.41, 5.74) is -5.11. The fourth-order valence-electron chi connectivity index (χ4n) is 7.86. The first-order valence-electron chi connectivity index (χ1n) is 17.3. The molecule has 49 heavy (non-hydrogen) atoms. The molecule has 2 aliphatic rings. The summed E-state index contributed by atoms with van der Waals surface area (Å²) in [5.74, 6) is -5.22. The highest BCUT2D eigenvalue weighted by Gasteiger charge is 2.68. The van der Waals surface area contributed by atoms with Gasteiger partial charge in [0.05, 0.1) is 23.2 Å². The lowest BCUT2D eigenvalue weighted by molar-refractivity contribution is -0.186. The number of pyridine rings is 1. The maximum atomic E-state index is 16.2. The van der Waals surface area contributed by atoms with Crippen molar-refractivity contribution < 1.29 is 37.8 Å². The van der Waals surface area contributed by atoms with Crippen LogP contribution in [0.25, 0.3) is 11.3 Å². The molecule has 2 saturated heterocycles. The first-order valence-corrected chi connectivity index (χ1v) is 17.3. The molecule has 0 spiro atoms. The van der Waals surface area contributed by atoms with Crippen LogP contribution in [0.5, 0.6) is 0 Å². The van der Waals surface area contributed by atoms with Gasteiger partial charge in [0, 0.05) is 62.1 Å². The molecule has 2 aromatic rings. The zero-order valence-electron chi connectivity index (χ0n) is 30.6. The van der Waals surface area contributed by atoms with Gasteiger partial charge in [0.15, 0.2) is 11.4 Å². The van der Waals surface area contributed by atoms with Gasteiger partial charge in [0.2, 0.25) is 0 Å². The van der Waals surface area contributed by atoms with Gasteiger partial charge < -0.3 is 18.8 Å². The molecule has 270 valence electrons. The summed E-state index contributed by atoms with van der Waals surface area (Å²) in [6.45, 7) is 15.7. The SMILES string of the molecule is CC[C@H]1OC(=O)[C@@](C)(F)C(=O)[C@H](C)[C@@H](C)[C@](C)(OC)C[C@@H](C)C(=O)[C@H](C)C2(C)N(CCCCn3cnc(-c4cccnc4)c3)C(=O)O[C@]12C. The molecule has 2 aliphatic heterocycles. The molecule has 0 aliphatic carbocycles. The molecule has 0 bridgehead atoms. The van der Waals surface area contributed by atoms with Crippen LogP contribution in [0.3, 0.4) is 0 Å². The second-order valence-corrected chi connectivity index (χ2v) is 14.7. The van der Waals surface area contributed by atoms with Gasteiger partial charge in [0.25, 0.3) is 5.67 Å². The number of fused-ring (bicyclic) bond motifs is 1. The Bertz CT molecular complexity index is 1530. The molecule has 9 atom stereocenters. The molecule has 2 fully saturated rings. The smallest absolute Gasteiger partial charge is 0.411 e. The van der Waals surface area contributed by atoms with Gasteiger partial charge in [-0.15, -0.1) is 0 Å². The van der Waals surface area contributed by atoms with Crippen molar-refractivity contribution in [2.75, 3.05) is 13.7 Å². The van der Waals surface area contributed by atoms with E-state index in [0.717, 1.165) is 18.2 Å². The zero-order valence-corrected chi connectivity index (χ0v) is 30.6. The van der Waals surface area contributed by atoms with Crippen LogP contribution in [0, 0.1) is 23.7 Å². The van der Waals surface area contributed by atoms with Gasteiger partial charge in [-0.2, -0.15) is 0 Å². The number of ether oxygens (including phenoxy) is 3. The number of nitrogens with zero attached hydrogens (tertiary/aromatic N) is 4. The third-order valence-electron chi connectivity index (χ3n) is 11.9. The first kappa shape index (κ1) is 38.1. The highest BCUT2D eigenvalue weighted by Crippen LogP contribution is 2.50. The van der Waals surface area contributed by atoms with E-state index in [1.54, 1.807) is 72.1 Å². The quantitative estimate of drug-likeness (QED) is 0.180. The van der Waals surface area contributed by atoms with E-state index in [-0.39, 0.29) is 25.2 Å². The van der Waals surface area contributed by atoms with Crippen molar-refractivity contribution in [3.63, 3.8) is 0 Å². The number of alkyl halides is 1. The maximum Gasteiger partial charge on any atom is 0.411 e. The number of carbonyl (C=O) groups excluding carboxylic acids is 4. The minimum Gasteiger partial charge on any atom is -0.455 e. The second-order valence-electron chi connectivity index (χ2n) is 14.7. The Kier molecular flexibility index (Phi) is 11.1. The number of halogens is 1. The lowest BCUT2D eigenvalue weighted by atomic mass is 9.65. The predicted molar refractivity (Wildman–Crippen MR) is 181 cm³/mol. The van der Waals surface area contributed by atoms with E-state index >= 15 is 4.39 Å². The van der Waals surface area contributed by atoms with Gasteiger partial charge in [-0.05, 0) is 71.4 Å². The van der Waals surface area contributed by atoms with E-state index in [2.05, 4.69) is 9.97 Å². The van der Waals surface area contributed by atoms with Crippen LogP contribution < -0.4 is 0 Å². The number of hydrogen-bond donors (Lipinski definition) is 0. The van der Waals surface area contributed by atoms with Gasteiger partial charge in [-0.1, -0.05) is 34.6 Å². The number of cyclic esters (lactones) is 1. The topological polar surface area (TPSA) is 130 Å². The van der Waals surface area contributed by atoms with Crippen molar-refractivity contribution in [2.45, 2.75) is 123 Å². The molecule has 2 aromatic heterocycles. The predicted octanol–water partition coefficient (Wildman–Crippen LogP) is 6.24. The molecule has 12 heteroatoms. The molecule has 4 heterocycles. The molecular weight excluding hydrogens is 631 g/mol. The summed E-state index contributed by atoms with van der Waals surface area (Å²) in [4.78, 5) is 65.5. The van der Waals surface area contributed by atoms with Crippen molar-refractivity contribution in [1.82, 2.24) is 19.4 Å². The number of unbranched alkanes of at least 4 members (excludes halogenated alkanes) is 1. The Balaban J connectivity index is 1.67. The molecule has 1 amide bonds. The minimum absolute atomic E-state index is 0.124. The van der Waals surface area contributed by atoms with Crippen LogP contribution in [0.15, 0.2) is 37.1 Å². The van der Waals surface area contributed by atoms with Gasteiger partial charge in [-0.25, -0.2) is 19.0 Å². The highest BCUT2D eigenvalue weighted by molar-refractivity contribution is 6.07. The van der Waals surface area contributed by atoms with E-state index in [4.69, 9.17) is 14.2 Å². The highest BCUT2D eigenvalue weighted by atomic mass is 19.1. The zero-order chi connectivity index (χ0) is 36.5. The molecule has 0 saturated carbocycles. The summed E-state index contributed by atoms with van der Waals surface area (Å²) >= 11 is 0. The van der Waals surface area contributed by atoms with Crippen molar-refractivity contribution in [3.8, 4) is 11.3 Å². The largest absolute Gasteiger partial charge is 0.455 e. The molecule has 0 N–H and O–H groups in total. The van der Waals surface area contributed by atoms with Crippen LogP contribution in [0.2, 0.25) is 0 Å². The van der Waals surface area contributed by atoms with Crippen molar-refractivity contribution in [3.05, 3.63) is 37.1 Å². The Labute approximate surface area is 289 Å². The number of esters is 1. The number of hydrogen-bond acceptors (Lipinski definition) is 9. The van der Waals surface area contributed by atoms with E-state index in [1.807, 2.05) is 29.8 Å². The van der Waals surface area contributed by atoms with Crippen LogP contribution in [-0.4, -0.2) is 85.2 Å². The number of aromatic nitrogens is 3. The standard InChI is InChI=1S/C37H53FN4O7/c1-11-29-37(9)36(8,42(33(46)49-37)18-13-12-17-41-21-28(40-22-41)27-15-14-16-39-20-27)26(5)30(43)23(2)19-34(6,47-10)25(4)24(3)31(44)35(7,38)32(45)48-29/h14-16,20-26,29H,11-13,17-19H2,1-10H3/t23-,24-,25-,26+,29-,34-,35+,36?,37-/m1/s1. The van der Waals surface area contributed by atoms with Crippen LogP contribution in [-0.2, 0) is 35.1 Å². The first-order chi connectivity index (χ1) is 22.9. The molecule has 4 rings (SSSR count). The Morgan fingerprint density at radius 1 is 1.04 bits per heavy atom. The lowest BCUT2D eigenvalue weighted by Crippen LogP contribution is -2.66. The number of ketones is 2. The number of Topliss-reactive ketones (excluding diaryl/α,β-unsaturated/α-hetero) is 2. The number of carbonyl (C=O) groups is 4. The van der Waals surface area contributed by atoms with Crippen LogP contribution in [0.1, 0.15) is 88.0 Å². The van der Waals surface area contributed by atoms with E-state index in [9.17, 15) is 19.2 Å². The van der Waals surface area contributed by atoms with Crippen LogP contribution in [0.4, 0.5) is 9.18 Å². The Morgan fingerprint density at radius 3 is 2.33 bits per heavy atom. The van der Waals surface area contributed by atoms with Crippen molar-refractivity contribution >= 4 is 23.6 Å². The lowest BCUT2D eigenvalue weighted by Gasteiger charge is -2.49. The third kappa shape index (κ3) is 6.77. The second kappa shape index (κ2) is 14.3. The van der Waals surface area contributed by atoms with Crippen LogP contribution >= 0.6 is 0 Å². The average molecular weight is 685 g/mol.